The van der Waals surface area contributed by atoms with E-state index in [1.165, 1.54) is 52.7 Å². The Kier molecular flexibility index (Phi) is 85.5. The maximum atomic E-state index is 11.5. The second kappa shape index (κ2) is 75.4. The number of nitriles is 7. The number of imidazole rings is 1. The molecule has 2 saturated carbocycles. The van der Waals surface area contributed by atoms with Crippen molar-refractivity contribution in [2.24, 2.45) is 98.3 Å². The highest BCUT2D eigenvalue weighted by Crippen LogP contribution is 2.38. The van der Waals surface area contributed by atoms with E-state index in [1.54, 1.807) is 94.6 Å². The number of hydrogen-bond acceptors (Lipinski definition) is 24. The molecule has 2 aliphatic rings. The monoisotopic (exact) mass is 2060 g/mol. The predicted molar refractivity (Wildman–Crippen MR) is 597 cm³/mol. The number of nitrogens with zero attached hydrogens (tertiary/aromatic N) is 9. The van der Waals surface area contributed by atoms with Gasteiger partial charge in [0.15, 0.2) is 0 Å². The maximum Gasteiger partial charge on any atom is 0.310 e. The van der Waals surface area contributed by atoms with E-state index in [1.807, 2.05) is 172 Å². The van der Waals surface area contributed by atoms with Crippen LogP contribution in [0.2, 0.25) is 0 Å². The fraction of sp³-hybridized carbons (Fsp3) is 0.852. The molecule has 0 radical (unpaired) electrons. The average Bonchev–Trinajstić information content (AvgIpc) is 1.55. The Morgan fingerprint density at radius 2 is 0.807 bits per heavy atom. The van der Waals surface area contributed by atoms with Gasteiger partial charge in [-0.15, -0.1) is 0 Å². The lowest BCUT2D eigenvalue weighted by atomic mass is 9.77. The van der Waals surface area contributed by atoms with Crippen LogP contribution in [0, 0.1) is 177 Å². The number of rotatable bonds is 18. The molecular formula is C115H225N15O15. The van der Waals surface area contributed by atoms with E-state index in [4.69, 9.17) is 83.4 Å². The lowest BCUT2D eigenvalue weighted by Gasteiger charge is -2.32. The fourth-order valence-corrected chi connectivity index (χ4v) is 10.6. The first-order valence-electron chi connectivity index (χ1n) is 50.9. The van der Waals surface area contributed by atoms with Crippen molar-refractivity contribution in [2.45, 2.75) is 465 Å². The van der Waals surface area contributed by atoms with Gasteiger partial charge < -0.3 is 76.4 Å². The number of aromatic amines is 1. The smallest absolute Gasteiger partial charge is 0.310 e. The van der Waals surface area contributed by atoms with Crippen molar-refractivity contribution in [2.75, 3.05) is 81.6 Å². The first-order chi connectivity index (χ1) is 64.2. The largest absolute Gasteiger partial charge is 0.469 e. The maximum absolute atomic E-state index is 11.5. The summed E-state index contributed by atoms with van der Waals surface area (Å²) >= 11 is 0. The standard InChI is InChI=1S/C9H19NO4.C9H19NO3.C9H17NO.C9H20.C8H13NO2.C8H13N.C8H15N.C7H12N2.C7H15NO2.C7H15NO.C7H11N.C6H11N.C6H12O2.C5H12N2.C5H9N.C5H12/c1-8(2,3)7(14)10-9(4-11,5-12)6-13;1-8(2,3)7(13)10-9(4,5-11)6-12;1-8(2,7-10)6-9(3,4)11-5;1-8(2,3)7-9(4,5)6;1-8(2,6-9)5-4-7(10)11-3;1-8(7-9)5-3-2-4-6-8;1-7(2)5-8(3,4)6-9;1-7(2,3)6-8-4-5-9-6;1-7(2,3)6(10)8-4-5-9;1-7(2,3)6(9)8(4)5;1-7(6-8)4-2-3-5-7;1-4-6(2,3)5-7;1-6(2,3)5(7)8-4;1-5(2,3)4(6)7;1-5(2,3)4-6;1-5(2,3)4/h11-13H,4-6H2,1-3H3,(H,10,14);11-12H,5-6H2,1-4H3,(H,10,13);6H2,1-5H3;7H2,1-6H3;4-5H2,1-3H3;2-6H2,1H3;7H,5H2,1-4H3;4-5H,1-3H3,(H,8,9);9H,4-5H2,1-3H3,(H,8,10);1-5H3;2-5H2,1H3;4H2,1-3H3;1-4H3;1-3H3,(H3,6,7);1-3H3;1-4H3. The Hall–Kier alpha value is -8.35. The van der Waals surface area contributed by atoms with Gasteiger partial charge in [0, 0.05) is 84.5 Å². The molecule has 145 heavy (non-hydrogen) atoms. The van der Waals surface area contributed by atoms with Crippen molar-refractivity contribution in [3.05, 3.63) is 18.2 Å². The summed E-state index contributed by atoms with van der Waals surface area (Å²) in [6, 6.07) is 15.7. The quantitative estimate of drug-likeness (QED) is 0.0369. The number of methoxy groups -OCH3 is 3. The van der Waals surface area contributed by atoms with Crippen molar-refractivity contribution in [1.29, 1.82) is 42.2 Å². The second-order valence-corrected chi connectivity index (χ2v) is 54.2. The number of amides is 4. The van der Waals surface area contributed by atoms with Crippen LogP contribution < -0.4 is 21.7 Å². The summed E-state index contributed by atoms with van der Waals surface area (Å²) in [6.45, 7) is 97.0. The third-order valence-electron chi connectivity index (χ3n) is 19.9. The zero-order chi connectivity index (χ0) is 119. The zero-order valence-corrected chi connectivity index (χ0v) is 103. The molecule has 4 amide bonds. The molecule has 13 N–H and O–H groups in total. The number of nitrogens with two attached hydrogens (primary N) is 1. The summed E-state index contributed by atoms with van der Waals surface area (Å²) in [5.74, 6) is 1.12. The lowest BCUT2D eigenvalue weighted by molar-refractivity contribution is -0.149. The van der Waals surface area contributed by atoms with Crippen LogP contribution in [0.25, 0.3) is 0 Å². The molecule has 30 nitrogen and oxygen atoms in total. The molecule has 0 unspecified atom stereocenters. The topological polar surface area (TPSA) is 536 Å². The second-order valence-electron chi connectivity index (χ2n) is 54.2. The van der Waals surface area contributed by atoms with Crippen LogP contribution in [0.4, 0.5) is 0 Å². The van der Waals surface area contributed by atoms with Crippen LogP contribution >= 0.6 is 0 Å². The number of esters is 2. The van der Waals surface area contributed by atoms with Crippen molar-refractivity contribution < 1.29 is 73.6 Å². The number of aromatic nitrogens is 2. The van der Waals surface area contributed by atoms with E-state index in [9.17, 15) is 28.8 Å². The van der Waals surface area contributed by atoms with Gasteiger partial charge in [-0.1, -0.05) is 247 Å². The lowest BCUT2D eigenvalue weighted by Crippen LogP contribution is -2.59. The van der Waals surface area contributed by atoms with Gasteiger partial charge in [-0.05, 0) is 212 Å². The van der Waals surface area contributed by atoms with Gasteiger partial charge in [-0.3, -0.25) is 34.2 Å². The van der Waals surface area contributed by atoms with Crippen LogP contribution in [0.1, 0.15) is 448 Å². The minimum atomic E-state index is -1.33. The van der Waals surface area contributed by atoms with Crippen LogP contribution in [0.5, 0.6) is 0 Å². The highest BCUT2D eigenvalue weighted by Gasteiger charge is 2.36. The summed E-state index contributed by atoms with van der Waals surface area (Å²) in [4.78, 5) is 75.1. The molecule has 850 valence electrons. The highest BCUT2D eigenvalue weighted by molar-refractivity contribution is 5.83. The third kappa shape index (κ3) is 113. The van der Waals surface area contributed by atoms with Crippen LogP contribution in [-0.2, 0) is 48.4 Å². The van der Waals surface area contributed by atoms with E-state index in [-0.39, 0.29) is 126 Å². The van der Waals surface area contributed by atoms with Crippen molar-refractivity contribution in [3.8, 4) is 42.5 Å². The molecule has 1 heterocycles. The SMILES string of the molecule is CC(C)(C)C.CC(C)(C)C#N.CC(C)(C)C(=N)N.CC(C)(C)C(=O)NC(CO)(CO)CO.CC(C)(C)C(=O)NCCO.CC(C)(C)CC(C)(C)C.CC(C)(C)c1ncc[nH]1.CC(C)CC(C)(C)C#N.CC(CO)(CO)NC(=O)C(C)(C)C.CC1(C#N)CCCC1.CC1(C#N)CCCCC1.CCC(C)(C)C#N.CN(C)C(=O)C(C)(C)C.COC(=O)C(C)(C)C.COC(=O)CCC(C)(C)C#N.COC(C)(C)CC(C)(C)C#N. The first-order valence-corrected chi connectivity index (χ1v) is 50.9. The zero-order valence-electron chi connectivity index (χ0n) is 103. The van der Waals surface area contributed by atoms with Crippen LogP contribution in [0.3, 0.4) is 0 Å². The molecule has 0 spiro atoms. The fourth-order valence-electron chi connectivity index (χ4n) is 10.6. The minimum Gasteiger partial charge on any atom is -0.469 e. The molecule has 0 atom stereocenters. The Bertz CT molecular complexity index is 3890. The van der Waals surface area contributed by atoms with Gasteiger partial charge in [0.1, 0.15) is 11.4 Å². The number of carbonyl (C=O) groups is 6. The van der Waals surface area contributed by atoms with Crippen molar-refractivity contribution in [3.63, 3.8) is 0 Å². The highest BCUT2D eigenvalue weighted by atomic mass is 16.5. The summed E-state index contributed by atoms with van der Waals surface area (Å²) in [6.07, 6.45) is 19.3. The van der Waals surface area contributed by atoms with E-state index >= 15 is 0 Å². The molecule has 0 aliphatic heterocycles. The molecule has 2 aliphatic carbocycles. The predicted octanol–water partition coefficient (Wildman–Crippen LogP) is 23.9. The number of H-pyrrole nitrogens is 1. The Balaban J connectivity index is -0.000000117. The van der Waals surface area contributed by atoms with E-state index in [2.05, 4.69) is 196 Å². The molecule has 2 fully saturated rings. The van der Waals surface area contributed by atoms with Gasteiger partial charge >= 0.3 is 11.9 Å². The number of amidine groups is 1. The number of aliphatic hydroxyl groups is 6. The van der Waals surface area contributed by atoms with Gasteiger partial charge in [-0.2, -0.15) is 36.8 Å². The third-order valence-corrected chi connectivity index (χ3v) is 19.9. The number of ether oxygens (including phenoxy) is 3. The number of aliphatic hydroxyl groups excluding tert-OH is 6. The molecule has 3 rings (SSSR count). The van der Waals surface area contributed by atoms with Crippen LogP contribution in [-0.4, -0.2) is 185 Å². The molecule has 1 aromatic rings. The number of hydrogen-bond donors (Lipinski definition) is 12. The van der Waals surface area contributed by atoms with Gasteiger partial charge in [0.05, 0.1) is 151 Å². The minimum absolute atomic E-state index is 0.00181. The van der Waals surface area contributed by atoms with Gasteiger partial charge in [0.25, 0.3) is 0 Å². The summed E-state index contributed by atoms with van der Waals surface area (Å²) < 4.78 is 14.1. The number of nitrogens with one attached hydrogen (secondary N) is 5. The molecule has 30 heteroatoms. The first kappa shape index (κ1) is 164. The molecule has 0 aromatic carbocycles. The van der Waals surface area contributed by atoms with Gasteiger partial charge in [-0.25, -0.2) is 4.98 Å². The summed E-state index contributed by atoms with van der Waals surface area (Å²) in [7, 11) is 7.96. The van der Waals surface area contributed by atoms with Crippen LogP contribution in [0.15, 0.2) is 12.4 Å². The van der Waals surface area contributed by atoms with E-state index in [0.29, 0.717) is 41.5 Å². The normalized spacial score (nSPS) is 13.3. The average molecular weight is 2060 g/mol. The molecule has 0 bridgehead atoms. The molecular weight excluding hydrogens is 1830 g/mol. The molecule has 0 saturated heterocycles. The van der Waals surface area contributed by atoms with E-state index < -0.39 is 47.1 Å². The number of carbonyl (C=O) groups excluding carboxylic acids is 6. The Morgan fingerprint density at radius 1 is 0.476 bits per heavy atom. The molecule has 1 aromatic heterocycles. The van der Waals surface area contributed by atoms with Gasteiger partial charge in [0.2, 0.25) is 23.6 Å². The Labute approximate surface area is 888 Å². The Morgan fingerprint density at radius 3 is 0.966 bits per heavy atom. The summed E-state index contributed by atoms with van der Waals surface area (Å²) in [5.41, 5.74) is 1.08. The van der Waals surface area contributed by atoms with E-state index in [0.717, 1.165) is 50.8 Å². The summed E-state index contributed by atoms with van der Waals surface area (Å²) in [5, 5.41) is 127. The van der Waals surface area contributed by atoms with Crippen molar-refractivity contribution in [1.82, 2.24) is 30.8 Å². The van der Waals surface area contributed by atoms with Crippen molar-refractivity contribution >= 4 is 41.4 Å².